The summed E-state index contributed by atoms with van der Waals surface area (Å²) >= 11 is 0. The van der Waals surface area contributed by atoms with Gasteiger partial charge in [-0.25, -0.2) is 0 Å². The lowest BCUT2D eigenvalue weighted by Crippen LogP contribution is -2.36. The molecule has 1 heterocycles. The number of nitrogens with zero attached hydrogens (tertiary/aromatic N) is 1. The summed E-state index contributed by atoms with van der Waals surface area (Å²) in [5, 5.41) is 6.12. The summed E-state index contributed by atoms with van der Waals surface area (Å²) in [6.07, 6.45) is 2.13. The Labute approximate surface area is 126 Å². The highest BCUT2D eigenvalue weighted by Crippen LogP contribution is 2.26. The Hall–Kier alpha value is -2.01. The molecule has 0 saturated carbocycles. The molecule has 1 aromatic carbocycles. The molecule has 0 aromatic heterocycles. The molecule has 2 rings (SSSR count). The van der Waals surface area contributed by atoms with E-state index in [0.717, 1.165) is 32.0 Å². The number of amides is 1. The van der Waals surface area contributed by atoms with E-state index < -0.39 is 0 Å². The van der Waals surface area contributed by atoms with Crippen molar-refractivity contribution in [2.24, 2.45) is 0 Å². The van der Waals surface area contributed by atoms with Crippen molar-refractivity contribution in [2.45, 2.75) is 6.42 Å². The molecule has 21 heavy (non-hydrogen) atoms. The van der Waals surface area contributed by atoms with E-state index in [9.17, 15) is 4.79 Å². The third-order valence-electron chi connectivity index (χ3n) is 3.37. The van der Waals surface area contributed by atoms with E-state index in [1.807, 2.05) is 18.2 Å². The van der Waals surface area contributed by atoms with Gasteiger partial charge in [-0.2, -0.15) is 0 Å². The standard InChI is InChI=1S/C16H23N3O2/c1-2-8-18-16(20)7-9-17-14-5-3-4-6-15(14)19-10-12-21-13-11-19/h2-6,17H,1,7-13H2,(H,18,20). The van der Waals surface area contributed by atoms with Gasteiger partial charge in [0.1, 0.15) is 0 Å². The van der Waals surface area contributed by atoms with E-state index in [-0.39, 0.29) is 5.91 Å². The summed E-state index contributed by atoms with van der Waals surface area (Å²) in [6.45, 7) is 8.04. The van der Waals surface area contributed by atoms with Crippen molar-refractivity contribution in [3.8, 4) is 0 Å². The number of benzene rings is 1. The Balaban J connectivity index is 1.87. The lowest BCUT2D eigenvalue weighted by Gasteiger charge is -2.30. The zero-order valence-corrected chi connectivity index (χ0v) is 12.3. The molecule has 2 N–H and O–H groups in total. The molecule has 0 unspecified atom stereocenters. The molecular weight excluding hydrogens is 266 g/mol. The van der Waals surface area contributed by atoms with E-state index >= 15 is 0 Å². The van der Waals surface area contributed by atoms with Crippen molar-refractivity contribution >= 4 is 17.3 Å². The average molecular weight is 289 g/mol. The second-order valence-corrected chi connectivity index (χ2v) is 4.89. The minimum atomic E-state index is 0.0336. The Morgan fingerprint density at radius 2 is 2.10 bits per heavy atom. The van der Waals surface area contributed by atoms with Gasteiger partial charge in [0.05, 0.1) is 24.6 Å². The van der Waals surface area contributed by atoms with Gasteiger partial charge in [-0.1, -0.05) is 18.2 Å². The zero-order chi connectivity index (χ0) is 14.9. The highest BCUT2D eigenvalue weighted by atomic mass is 16.5. The number of carbonyl (C=O) groups excluding carboxylic acids is 1. The highest BCUT2D eigenvalue weighted by Gasteiger charge is 2.14. The third kappa shape index (κ3) is 4.79. The lowest BCUT2D eigenvalue weighted by molar-refractivity contribution is -0.120. The molecule has 1 saturated heterocycles. The van der Waals surface area contributed by atoms with Gasteiger partial charge < -0.3 is 20.3 Å². The maximum Gasteiger partial charge on any atom is 0.222 e. The first-order valence-corrected chi connectivity index (χ1v) is 7.34. The number of hydrogen-bond acceptors (Lipinski definition) is 4. The number of hydrogen-bond donors (Lipinski definition) is 2. The van der Waals surface area contributed by atoms with Gasteiger partial charge in [-0.15, -0.1) is 6.58 Å². The number of anilines is 2. The number of para-hydroxylation sites is 2. The summed E-state index contributed by atoms with van der Waals surface area (Å²) in [5.74, 6) is 0.0336. The van der Waals surface area contributed by atoms with Crippen molar-refractivity contribution < 1.29 is 9.53 Å². The quantitative estimate of drug-likeness (QED) is 0.749. The molecule has 1 aliphatic heterocycles. The molecule has 0 aliphatic carbocycles. The molecule has 0 bridgehead atoms. The Morgan fingerprint density at radius 3 is 2.86 bits per heavy atom. The first-order chi connectivity index (χ1) is 10.3. The fourth-order valence-corrected chi connectivity index (χ4v) is 2.29. The van der Waals surface area contributed by atoms with Crippen LogP contribution < -0.4 is 15.5 Å². The Bertz CT molecular complexity index is 470. The van der Waals surface area contributed by atoms with Gasteiger partial charge in [-0.05, 0) is 12.1 Å². The smallest absolute Gasteiger partial charge is 0.222 e. The summed E-state index contributed by atoms with van der Waals surface area (Å²) in [5.41, 5.74) is 2.24. The predicted molar refractivity (Wildman–Crippen MR) is 85.8 cm³/mol. The van der Waals surface area contributed by atoms with E-state index in [1.54, 1.807) is 6.08 Å². The van der Waals surface area contributed by atoms with Crippen LogP contribution in [0.2, 0.25) is 0 Å². The minimum Gasteiger partial charge on any atom is -0.383 e. The number of carbonyl (C=O) groups is 1. The first-order valence-electron chi connectivity index (χ1n) is 7.34. The number of ether oxygens (including phenoxy) is 1. The largest absolute Gasteiger partial charge is 0.383 e. The second-order valence-electron chi connectivity index (χ2n) is 4.89. The van der Waals surface area contributed by atoms with Crippen LogP contribution in [0.25, 0.3) is 0 Å². The van der Waals surface area contributed by atoms with Crippen LogP contribution in [-0.4, -0.2) is 45.3 Å². The fourth-order valence-electron chi connectivity index (χ4n) is 2.29. The zero-order valence-electron chi connectivity index (χ0n) is 12.3. The Morgan fingerprint density at radius 1 is 1.33 bits per heavy atom. The van der Waals surface area contributed by atoms with Crippen LogP contribution in [0.4, 0.5) is 11.4 Å². The monoisotopic (exact) mass is 289 g/mol. The number of nitrogens with one attached hydrogen (secondary N) is 2. The summed E-state index contributed by atoms with van der Waals surface area (Å²) in [4.78, 5) is 13.9. The van der Waals surface area contributed by atoms with Crippen LogP contribution in [0, 0.1) is 0 Å². The van der Waals surface area contributed by atoms with Gasteiger partial charge in [0.15, 0.2) is 0 Å². The van der Waals surface area contributed by atoms with Crippen molar-refractivity contribution in [3.05, 3.63) is 36.9 Å². The predicted octanol–water partition coefficient (Wildman–Crippen LogP) is 1.63. The molecule has 1 fully saturated rings. The molecule has 1 amide bonds. The third-order valence-corrected chi connectivity index (χ3v) is 3.37. The van der Waals surface area contributed by atoms with E-state index in [1.165, 1.54) is 5.69 Å². The maximum absolute atomic E-state index is 11.6. The van der Waals surface area contributed by atoms with Gasteiger partial charge in [-0.3, -0.25) is 4.79 Å². The second kappa shape index (κ2) is 8.32. The maximum atomic E-state index is 11.6. The van der Waals surface area contributed by atoms with Crippen LogP contribution in [-0.2, 0) is 9.53 Å². The van der Waals surface area contributed by atoms with E-state index in [2.05, 4.69) is 28.2 Å². The fraction of sp³-hybridized carbons (Fsp3) is 0.438. The van der Waals surface area contributed by atoms with Crippen LogP contribution in [0.15, 0.2) is 36.9 Å². The normalized spacial score (nSPS) is 14.6. The minimum absolute atomic E-state index is 0.0336. The van der Waals surface area contributed by atoms with Crippen LogP contribution in [0.1, 0.15) is 6.42 Å². The van der Waals surface area contributed by atoms with Gasteiger partial charge in [0.2, 0.25) is 5.91 Å². The van der Waals surface area contributed by atoms with Crippen molar-refractivity contribution in [1.29, 1.82) is 0 Å². The van der Waals surface area contributed by atoms with E-state index in [4.69, 9.17) is 4.74 Å². The summed E-state index contributed by atoms with van der Waals surface area (Å²) in [6, 6.07) is 8.19. The van der Waals surface area contributed by atoms with Crippen LogP contribution in [0.3, 0.4) is 0 Å². The van der Waals surface area contributed by atoms with Gasteiger partial charge in [0, 0.05) is 32.6 Å². The molecule has 0 radical (unpaired) electrons. The van der Waals surface area contributed by atoms with Gasteiger partial charge >= 0.3 is 0 Å². The highest BCUT2D eigenvalue weighted by molar-refractivity contribution is 5.77. The molecule has 5 heteroatoms. The molecule has 1 aromatic rings. The first kappa shape index (κ1) is 15.4. The molecule has 0 atom stereocenters. The van der Waals surface area contributed by atoms with E-state index in [0.29, 0.717) is 19.5 Å². The average Bonchev–Trinajstić information content (AvgIpc) is 2.54. The molecule has 114 valence electrons. The van der Waals surface area contributed by atoms with Crippen LogP contribution >= 0.6 is 0 Å². The topological polar surface area (TPSA) is 53.6 Å². The summed E-state index contributed by atoms with van der Waals surface area (Å²) in [7, 11) is 0. The molecule has 5 nitrogen and oxygen atoms in total. The molecule has 0 spiro atoms. The number of morpholine rings is 1. The van der Waals surface area contributed by atoms with Crippen molar-refractivity contribution in [3.63, 3.8) is 0 Å². The van der Waals surface area contributed by atoms with Crippen molar-refractivity contribution in [1.82, 2.24) is 5.32 Å². The lowest BCUT2D eigenvalue weighted by atomic mass is 10.2. The number of rotatable bonds is 7. The van der Waals surface area contributed by atoms with Crippen molar-refractivity contribution in [2.75, 3.05) is 49.6 Å². The SMILES string of the molecule is C=CCNC(=O)CCNc1ccccc1N1CCOCC1. The molecule has 1 aliphatic rings. The van der Waals surface area contributed by atoms with Gasteiger partial charge in [0.25, 0.3) is 0 Å². The van der Waals surface area contributed by atoms with Crippen LogP contribution in [0.5, 0.6) is 0 Å². The summed E-state index contributed by atoms with van der Waals surface area (Å²) < 4.78 is 5.39. The molecular formula is C16H23N3O2. The Kier molecular flexibility index (Phi) is 6.09.